The van der Waals surface area contributed by atoms with Gasteiger partial charge >= 0.3 is 0 Å². The zero-order valence-corrected chi connectivity index (χ0v) is 9.41. The molecule has 0 bridgehead atoms. The van der Waals surface area contributed by atoms with Gasteiger partial charge in [0.2, 0.25) is 0 Å². The first-order chi connectivity index (χ1) is 8.28. The number of hydrogen-bond donors (Lipinski definition) is 1. The quantitative estimate of drug-likeness (QED) is 0.718. The molecular formula is C12H12N4O. The molecule has 86 valence electrons. The predicted molar refractivity (Wildman–Crippen MR) is 63.8 cm³/mol. The molecular weight excluding hydrogens is 216 g/mol. The highest BCUT2D eigenvalue weighted by molar-refractivity contribution is 5.77. The van der Waals surface area contributed by atoms with Gasteiger partial charge < -0.3 is 9.67 Å². The lowest BCUT2D eigenvalue weighted by Gasteiger charge is -2.01. The van der Waals surface area contributed by atoms with E-state index < -0.39 is 0 Å². The first kappa shape index (κ1) is 10.0. The van der Waals surface area contributed by atoms with Crippen LogP contribution in [-0.4, -0.2) is 24.4 Å². The number of pyridine rings is 1. The highest BCUT2D eigenvalue weighted by atomic mass is 16.3. The molecule has 0 aliphatic carbocycles. The zero-order chi connectivity index (χ0) is 11.8. The van der Waals surface area contributed by atoms with E-state index >= 15 is 0 Å². The van der Waals surface area contributed by atoms with E-state index in [2.05, 4.69) is 10.1 Å². The summed E-state index contributed by atoms with van der Waals surface area (Å²) in [4.78, 5) is 4.39. The van der Waals surface area contributed by atoms with Gasteiger partial charge in [-0.3, -0.25) is 0 Å². The first-order valence-corrected chi connectivity index (χ1v) is 5.34. The number of aryl methyl sites for hydroxylation is 1. The monoisotopic (exact) mass is 228 g/mol. The molecule has 3 rings (SSSR count). The van der Waals surface area contributed by atoms with Crippen molar-refractivity contribution in [3.8, 4) is 5.69 Å². The molecule has 0 amide bonds. The summed E-state index contributed by atoms with van der Waals surface area (Å²) < 4.78 is 3.69. The molecule has 0 aliphatic rings. The molecule has 3 heterocycles. The van der Waals surface area contributed by atoms with Crippen molar-refractivity contribution in [3.05, 3.63) is 42.5 Å². The van der Waals surface area contributed by atoms with Crippen LogP contribution in [0.1, 0.15) is 5.56 Å². The van der Waals surface area contributed by atoms with Gasteiger partial charge in [-0.1, -0.05) is 0 Å². The van der Waals surface area contributed by atoms with Crippen LogP contribution in [-0.2, 0) is 13.7 Å². The summed E-state index contributed by atoms with van der Waals surface area (Å²) in [6, 6.07) is 4.04. The van der Waals surface area contributed by atoms with E-state index in [0.29, 0.717) is 0 Å². The van der Waals surface area contributed by atoms with E-state index in [0.717, 1.165) is 22.3 Å². The van der Waals surface area contributed by atoms with E-state index in [1.165, 1.54) is 0 Å². The summed E-state index contributed by atoms with van der Waals surface area (Å²) in [5.41, 5.74) is 2.63. The van der Waals surface area contributed by atoms with Gasteiger partial charge in [0, 0.05) is 30.4 Å². The smallest absolute Gasteiger partial charge is 0.139 e. The first-order valence-electron chi connectivity index (χ1n) is 5.34. The SMILES string of the molecule is Cn1ccc2cc(-n3cc(CO)cn3)cnc21. The lowest BCUT2D eigenvalue weighted by Crippen LogP contribution is -1.96. The van der Waals surface area contributed by atoms with Crippen LogP contribution in [0.25, 0.3) is 16.7 Å². The van der Waals surface area contributed by atoms with Gasteiger partial charge in [0.05, 0.1) is 24.7 Å². The van der Waals surface area contributed by atoms with Crippen molar-refractivity contribution in [3.63, 3.8) is 0 Å². The standard InChI is InChI=1S/C12H12N4O/c1-15-3-2-10-4-11(6-13-12(10)15)16-7-9(8-17)5-14-16/h2-7,17H,8H2,1H3. The van der Waals surface area contributed by atoms with Crippen LogP contribution in [0.5, 0.6) is 0 Å². The maximum atomic E-state index is 9.00. The molecule has 0 spiro atoms. The highest BCUT2D eigenvalue weighted by Crippen LogP contribution is 2.16. The zero-order valence-electron chi connectivity index (χ0n) is 9.41. The maximum absolute atomic E-state index is 9.00. The van der Waals surface area contributed by atoms with E-state index in [1.54, 1.807) is 23.3 Å². The Balaban J connectivity index is 2.11. The van der Waals surface area contributed by atoms with Crippen molar-refractivity contribution < 1.29 is 5.11 Å². The summed E-state index contributed by atoms with van der Waals surface area (Å²) >= 11 is 0. The summed E-state index contributed by atoms with van der Waals surface area (Å²) in [5.74, 6) is 0. The van der Waals surface area contributed by atoms with Crippen molar-refractivity contribution in [1.29, 1.82) is 0 Å². The molecule has 17 heavy (non-hydrogen) atoms. The Labute approximate surface area is 97.9 Å². The second-order valence-electron chi connectivity index (χ2n) is 3.98. The van der Waals surface area contributed by atoms with Crippen LogP contribution in [0.15, 0.2) is 36.9 Å². The third-order valence-electron chi connectivity index (χ3n) is 2.78. The summed E-state index contributed by atoms with van der Waals surface area (Å²) in [7, 11) is 1.97. The van der Waals surface area contributed by atoms with Crippen LogP contribution in [0.4, 0.5) is 0 Å². The Morgan fingerprint density at radius 2 is 2.24 bits per heavy atom. The minimum atomic E-state index is 0.00100. The van der Waals surface area contributed by atoms with Gasteiger partial charge in [-0.25, -0.2) is 9.67 Å². The Bertz CT molecular complexity index is 668. The van der Waals surface area contributed by atoms with E-state index in [9.17, 15) is 0 Å². The molecule has 0 saturated carbocycles. The Hall–Kier alpha value is -2.14. The predicted octanol–water partition coefficient (Wildman–Crippen LogP) is 1.25. The van der Waals surface area contributed by atoms with Gasteiger partial charge in [-0.15, -0.1) is 0 Å². The third kappa shape index (κ3) is 1.60. The Kier molecular flexibility index (Phi) is 2.19. The Morgan fingerprint density at radius 1 is 1.35 bits per heavy atom. The molecule has 0 fully saturated rings. The number of fused-ring (bicyclic) bond motifs is 1. The highest BCUT2D eigenvalue weighted by Gasteiger charge is 2.04. The van der Waals surface area contributed by atoms with Gasteiger partial charge in [0.25, 0.3) is 0 Å². The number of aromatic nitrogens is 4. The fourth-order valence-electron chi connectivity index (χ4n) is 1.85. The largest absolute Gasteiger partial charge is 0.392 e. The summed E-state index contributed by atoms with van der Waals surface area (Å²) in [6.45, 7) is 0.00100. The van der Waals surface area contributed by atoms with Gasteiger partial charge in [-0.2, -0.15) is 5.10 Å². The van der Waals surface area contributed by atoms with Crippen LogP contribution in [0.2, 0.25) is 0 Å². The minimum absolute atomic E-state index is 0.00100. The van der Waals surface area contributed by atoms with Crippen LogP contribution in [0.3, 0.4) is 0 Å². The van der Waals surface area contributed by atoms with Gasteiger partial charge in [-0.05, 0) is 12.1 Å². The van der Waals surface area contributed by atoms with Crippen molar-refractivity contribution >= 4 is 11.0 Å². The lowest BCUT2D eigenvalue weighted by molar-refractivity contribution is 0.282. The molecule has 5 nitrogen and oxygen atoms in total. The second kappa shape index (κ2) is 3.71. The van der Waals surface area contributed by atoms with Crippen LogP contribution >= 0.6 is 0 Å². The fraction of sp³-hybridized carbons (Fsp3) is 0.167. The molecule has 0 unspecified atom stereocenters. The van der Waals surface area contributed by atoms with Gasteiger partial charge in [0.1, 0.15) is 5.65 Å². The molecule has 0 radical (unpaired) electrons. The third-order valence-corrected chi connectivity index (χ3v) is 2.78. The lowest BCUT2D eigenvalue weighted by atomic mass is 10.3. The van der Waals surface area contributed by atoms with Gasteiger partial charge in [0.15, 0.2) is 0 Å². The minimum Gasteiger partial charge on any atom is -0.392 e. The molecule has 3 aromatic heterocycles. The van der Waals surface area contributed by atoms with Crippen molar-refractivity contribution in [2.45, 2.75) is 6.61 Å². The number of rotatable bonds is 2. The van der Waals surface area contributed by atoms with Crippen LogP contribution < -0.4 is 0 Å². The molecule has 1 N–H and O–H groups in total. The summed E-state index contributed by atoms with van der Waals surface area (Å²) in [6.07, 6.45) is 7.20. The van der Waals surface area contributed by atoms with Crippen molar-refractivity contribution in [2.75, 3.05) is 0 Å². The average Bonchev–Trinajstić information content (AvgIpc) is 2.96. The van der Waals surface area contributed by atoms with E-state index in [-0.39, 0.29) is 6.61 Å². The molecule has 3 aromatic rings. The molecule has 0 aliphatic heterocycles. The normalized spacial score (nSPS) is 11.2. The second-order valence-corrected chi connectivity index (χ2v) is 3.98. The van der Waals surface area contributed by atoms with Crippen molar-refractivity contribution in [1.82, 2.24) is 19.3 Å². The van der Waals surface area contributed by atoms with Crippen molar-refractivity contribution in [2.24, 2.45) is 7.05 Å². The number of aliphatic hydroxyl groups excluding tert-OH is 1. The molecule has 0 atom stereocenters. The molecule has 0 aromatic carbocycles. The fourth-order valence-corrected chi connectivity index (χ4v) is 1.85. The van der Waals surface area contributed by atoms with Crippen LogP contribution in [0, 0.1) is 0 Å². The summed E-state index contributed by atoms with van der Waals surface area (Å²) in [5, 5.41) is 14.3. The number of nitrogens with zero attached hydrogens (tertiary/aromatic N) is 4. The van der Waals surface area contributed by atoms with E-state index in [1.807, 2.05) is 29.9 Å². The number of aliphatic hydroxyl groups is 1. The maximum Gasteiger partial charge on any atom is 0.139 e. The molecule has 0 saturated heterocycles. The average molecular weight is 228 g/mol. The topological polar surface area (TPSA) is 55.9 Å². The molecule has 5 heteroatoms. The van der Waals surface area contributed by atoms with E-state index in [4.69, 9.17) is 5.11 Å². The Morgan fingerprint density at radius 3 is 3.00 bits per heavy atom. The number of hydrogen-bond acceptors (Lipinski definition) is 3.